The van der Waals surface area contributed by atoms with Crippen LogP contribution in [0.3, 0.4) is 0 Å². The van der Waals surface area contributed by atoms with Crippen LogP contribution in [0, 0.1) is 11.6 Å². The summed E-state index contributed by atoms with van der Waals surface area (Å²) in [6.07, 6.45) is 2.88. The Morgan fingerprint density at radius 1 is 0.909 bits per heavy atom. The van der Waals surface area contributed by atoms with Gasteiger partial charge in [0.05, 0.1) is 11.1 Å². The molecule has 1 N–H and O–H groups in total. The molecule has 3 rings (SSSR count). The zero-order chi connectivity index (χ0) is 15.6. The summed E-state index contributed by atoms with van der Waals surface area (Å²) in [4.78, 5) is 12.8. The van der Waals surface area contributed by atoms with Gasteiger partial charge in [-0.05, 0) is 31.0 Å². The summed E-state index contributed by atoms with van der Waals surface area (Å²) in [7, 11) is 0. The maximum absolute atomic E-state index is 14.2. The van der Waals surface area contributed by atoms with Crippen LogP contribution < -0.4 is 5.32 Å². The van der Waals surface area contributed by atoms with Gasteiger partial charge in [-0.15, -0.1) is 0 Å². The van der Waals surface area contributed by atoms with E-state index in [9.17, 15) is 13.6 Å². The smallest absolute Gasteiger partial charge is 0.235 e. The van der Waals surface area contributed by atoms with E-state index in [0.717, 1.165) is 12.8 Å². The van der Waals surface area contributed by atoms with Crippen LogP contribution in [0.2, 0.25) is 0 Å². The Kier molecular flexibility index (Phi) is 3.92. The molecule has 22 heavy (non-hydrogen) atoms. The number of amides is 1. The number of benzene rings is 2. The van der Waals surface area contributed by atoms with Crippen molar-refractivity contribution < 1.29 is 13.6 Å². The van der Waals surface area contributed by atoms with E-state index >= 15 is 0 Å². The van der Waals surface area contributed by atoms with Gasteiger partial charge in [0.2, 0.25) is 5.91 Å². The van der Waals surface area contributed by atoms with Crippen LogP contribution in [0.25, 0.3) is 0 Å². The van der Waals surface area contributed by atoms with Gasteiger partial charge in [-0.2, -0.15) is 0 Å². The summed E-state index contributed by atoms with van der Waals surface area (Å²) in [5, 5.41) is 2.64. The Labute approximate surface area is 128 Å². The van der Waals surface area contributed by atoms with Crippen molar-refractivity contribution in [3.63, 3.8) is 0 Å². The number of hydrogen-bond donors (Lipinski definition) is 1. The van der Waals surface area contributed by atoms with E-state index in [4.69, 9.17) is 0 Å². The largest absolute Gasteiger partial charge is 0.323 e. The second-order valence-corrected chi connectivity index (χ2v) is 5.70. The van der Waals surface area contributed by atoms with E-state index in [1.54, 1.807) is 30.3 Å². The maximum Gasteiger partial charge on any atom is 0.235 e. The molecule has 2 aromatic carbocycles. The zero-order valence-corrected chi connectivity index (χ0v) is 12.1. The number of hydrogen-bond acceptors (Lipinski definition) is 1. The number of para-hydroxylation sites is 1. The van der Waals surface area contributed by atoms with Crippen LogP contribution in [-0.4, -0.2) is 5.91 Å². The lowest BCUT2D eigenvalue weighted by Gasteiger charge is -2.28. The molecule has 0 heterocycles. The average molecular weight is 301 g/mol. The molecule has 1 aliphatic rings. The number of carbonyl (C=O) groups is 1. The highest BCUT2D eigenvalue weighted by Crippen LogP contribution is 2.43. The van der Waals surface area contributed by atoms with Crippen molar-refractivity contribution in [2.75, 3.05) is 5.32 Å². The maximum atomic E-state index is 14.2. The molecule has 1 aliphatic carbocycles. The number of halogens is 2. The summed E-state index contributed by atoms with van der Waals surface area (Å²) in [5.74, 6) is -1.20. The van der Waals surface area contributed by atoms with Crippen molar-refractivity contribution in [3.8, 4) is 0 Å². The predicted octanol–water partition coefficient (Wildman–Crippen LogP) is 4.42. The molecule has 2 aromatic rings. The lowest BCUT2D eigenvalue weighted by atomic mass is 9.77. The minimum absolute atomic E-state index is 0.134. The SMILES string of the molecule is O=C(Nc1ccccc1F)C1(c2ccccc2F)CCCC1. The van der Waals surface area contributed by atoms with Gasteiger partial charge in [-0.1, -0.05) is 43.2 Å². The number of nitrogens with one attached hydrogen (secondary N) is 1. The van der Waals surface area contributed by atoms with E-state index in [0.29, 0.717) is 18.4 Å². The van der Waals surface area contributed by atoms with Gasteiger partial charge in [0, 0.05) is 5.56 Å². The predicted molar refractivity (Wildman–Crippen MR) is 81.6 cm³/mol. The van der Waals surface area contributed by atoms with Gasteiger partial charge in [-0.25, -0.2) is 8.78 Å². The standard InChI is InChI=1S/C18H17F2NO/c19-14-8-2-1-7-13(14)18(11-5-6-12-18)17(22)21-16-10-4-3-9-15(16)20/h1-4,7-10H,5-6,11-12H2,(H,21,22). The number of rotatable bonds is 3. The molecule has 0 atom stereocenters. The van der Waals surface area contributed by atoms with Crippen LogP contribution in [0.5, 0.6) is 0 Å². The molecule has 0 unspecified atom stereocenters. The molecular formula is C18H17F2NO. The first-order valence-electron chi connectivity index (χ1n) is 7.44. The Hall–Kier alpha value is -2.23. The molecule has 0 aromatic heterocycles. The van der Waals surface area contributed by atoms with Crippen molar-refractivity contribution in [2.24, 2.45) is 0 Å². The first-order chi connectivity index (χ1) is 10.6. The van der Waals surface area contributed by atoms with Crippen LogP contribution in [0.15, 0.2) is 48.5 Å². The van der Waals surface area contributed by atoms with E-state index < -0.39 is 11.2 Å². The summed E-state index contributed by atoms with van der Waals surface area (Å²) in [5.41, 5.74) is -0.371. The molecule has 2 nitrogen and oxygen atoms in total. The number of carbonyl (C=O) groups excluding carboxylic acids is 1. The van der Waals surface area contributed by atoms with Crippen LogP contribution >= 0.6 is 0 Å². The summed E-state index contributed by atoms with van der Waals surface area (Å²) in [6, 6.07) is 12.4. The molecule has 0 bridgehead atoms. The lowest BCUT2D eigenvalue weighted by molar-refractivity contribution is -0.121. The highest BCUT2D eigenvalue weighted by molar-refractivity contribution is 5.99. The van der Waals surface area contributed by atoms with Gasteiger partial charge in [-0.3, -0.25) is 4.79 Å². The van der Waals surface area contributed by atoms with E-state index in [1.165, 1.54) is 18.2 Å². The van der Waals surface area contributed by atoms with Crippen molar-refractivity contribution in [1.29, 1.82) is 0 Å². The molecule has 0 aliphatic heterocycles. The highest BCUT2D eigenvalue weighted by Gasteiger charge is 2.44. The van der Waals surface area contributed by atoms with Gasteiger partial charge in [0.25, 0.3) is 0 Å². The van der Waals surface area contributed by atoms with Crippen LogP contribution in [0.1, 0.15) is 31.2 Å². The normalized spacial score (nSPS) is 16.5. The molecule has 1 fully saturated rings. The first kappa shape index (κ1) is 14.7. The van der Waals surface area contributed by atoms with E-state index in [1.807, 2.05) is 0 Å². The summed E-state index contributed by atoms with van der Waals surface area (Å²) >= 11 is 0. The highest BCUT2D eigenvalue weighted by atomic mass is 19.1. The molecule has 1 saturated carbocycles. The molecule has 4 heteroatoms. The Morgan fingerprint density at radius 2 is 1.50 bits per heavy atom. The van der Waals surface area contributed by atoms with Gasteiger partial charge < -0.3 is 5.32 Å². The third-order valence-electron chi connectivity index (χ3n) is 4.40. The fraction of sp³-hybridized carbons (Fsp3) is 0.278. The van der Waals surface area contributed by atoms with Crippen LogP contribution in [0.4, 0.5) is 14.5 Å². The minimum atomic E-state index is -0.909. The molecule has 114 valence electrons. The second-order valence-electron chi connectivity index (χ2n) is 5.70. The molecular weight excluding hydrogens is 284 g/mol. The Balaban J connectivity index is 1.96. The van der Waals surface area contributed by atoms with E-state index in [-0.39, 0.29) is 17.4 Å². The fourth-order valence-corrected chi connectivity index (χ4v) is 3.25. The quantitative estimate of drug-likeness (QED) is 0.893. The number of anilines is 1. The monoisotopic (exact) mass is 301 g/mol. The zero-order valence-electron chi connectivity index (χ0n) is 12.1. The molecule has 0 saturated heterocycles. The summed E-state index contributed by atoms with van der Waals surface area (Å²) in [6.45, 7) is 0. The molecule has 0 radical (unpaired) electrons. The topological polar surface area (TPSA) is 29.1 Å². The lowest BCUT2D eigenvalue weighted by Crippen LogP contribution is -2.39. The van der Waals surface area contributed by atoms with Crippen molar-refractivity contribution in [3.05, 3.63) is 65.7 Å². The van der Waals surface area contributed by atoms with Crippen molar-refractivity contribution in [1.82, 2.24) is 0 Å². The average Bonchev–Trinajstić information content (AvgIpc) is 3.01. The third kappa shape index (κ3) is 2.49. The Morgan fingerprint density at radius 3 is 2.14 bits per heavy atom. The third-order valence-corrected chi connectivity index (χ3v) is 4.40. The molecule has 0 spiro atoms. The van der Waals surface area contributed by atoms with Crippen molar-refractivity contribution >= 4 is 11.6 Å². The first-order valence-corrected chi connectivity index (χ1v) is 7.44. The van der Waals surface area contributed by atoms with Gasteiger partial charge in [0.1, 0.15) is 11.6 Å². The minimum Gasteiger partial charge on any atom is -0.323 e. The molecule has 1 amide bonds. The van der Waals surface area contributed by atoms with Gasteiger partial charge >= 0.3 is 0 Å². The fourth-order valence-electron chi connectivity index (χ4n) is 3.25. The van der Waals surface area contributed by atoms with Crippen molar-refractivity contribution in [2.45, 2.75) is 31.1 Å². The Bertz CT molecular complexity index is 693. The summed E-state index contributed by atoms with van der Waals surface area (Å²) < 4.78 is 28.0. The van der Waals surface area contributed by atoms with Crippen LogP contribution in [-0.2, 0) is 10.2 Å². The van der Waals surface area contributed by atoms with Gasteiger partial charge in [0.15, 0.2) is 0 Å². The van der Waals surface area contributed by atoms with E-state index in [2.05, 4.69) is 5.32 Å². The second kappa shape index (κ2) is 5.87.